The van der Waals surface area contributed by atoms with Crippen molar-refractivity contribution in [2.75, 3.05) is 13.6 Å². The van der Waals surface area contributed by atoms with E-state index in [1.165, 1.54) is 6.07 Å². The zero-order chi connectivity index (χ0) is 15.3. The number of nitrogens with zero attached hydrogens (tertiary/aromatic N) is 1. The Labute approximate surface area is 124 Å². The van der Waals surface area contributed by atoms with Crippen LogP contribution in [0.1, 0.15) is 25.0 Å². The van der Waals surface area contributed by atoms with E-state index in [0.29, 0.717) is 17.7 Å². The number of benzene rings is 1. The number of amides is 1. The van der Waals surface area contributed by atoms with E-state index in [9.17, 15) is 9.18 Å². The Morgan fingerprint density at radius 3 is 2.65 bits per heavy atom. The van der Waals surface area contributed by atoms with E-state index in [2.05, 4.69) is 5.32 Å². The summed E-state index contributed by atoms with van der Waals surface area (Å²) in [6.07, 6.45) is 0. The number of carbonyl (C=O) groups excluding carboxylic acids is 1. The monoisotopic (exact) mass is 297 g/mol. The summed E-state index contributed by atoms with van der Waals surface area (Å²) in [5.74, 6) is -0.450. The highest BCUT2D eigenvalue weighted by atomic mass is 32.1. The lowest BCUT2D eigenvalue weighted by atomic mass is 10.1. The Morgan fingerprint density at radius 2 is 2.15 bits per heavy atom. The van der Waals surface area contributed by atoms with Crippen LogP contribution in [0.15, 0.2) is 18.2 Å². The second-order valence-electron chi connectivity index (χ2n) is 5.06. The Balaban J connectivity index is 2.64. The van der Waals surface area contributed by atoms with E-state index >= 15 is 0 Å². The van der Waals surface area contributed by atoms with Crippen molar-refractivity contribution in [3.63, 3.8) is 0 Å². The van der Waals surface area contributed by atoms with E-state index in [1.54, 1.807) is 24.1 Å². The maximum atomic E-state index is 13.9. The fraction of sp³-hybridized carbons (Fsp3) is 0.429. The van der Waals surface area contributed by atoms with E-state index in [4.69, 9.17) is 18.0 Å². The van der Waals surface area contributed by atoms with Crippen LogP contribution in [0.5, 0.6) is 0 Å². The molecule has 0 heterocycles. The summed E-state index contributed by atoms with van der Waals surface area (Å²) in [6.45, 7) is 4.35. The molecule has 0 bridgehead atoms. The van der Waals surface area contributed by atoms with Gasteiger partial charge in [-0.1, -0.05) is 24.4 Å². The molecule has 0 aliphatic rings. The summed E-state index contributed by atoms with van der Waals surface area (Å²) >= 11 is 4.80. The molecule has 0 unspecified atom stereocenters. The van der Waals surface area contributed by atoms with Crippen LogP contribution in [0.25, 0.3) is 0 Å². The van der Waals surface area contributed by atoms with Crippen molar-refractivity contribution in [2.24, 2.45) is 5.73 Å². The van der Waals surface area contributed by atoms with E-state index in [0.717, 1.165) is 0 Å². The number of nitrogens with one attached hydrogen (secondary N) is 1. The van der Waals surface area contributed by atoms with Gasteiger partial charge in [0.2, 0.25) is 5.91 Å². The molecule has 0 radical (unpaired) electrons. The number of rotatable bonds is 6. The molecule has 1 aromatic carbocycles. The van der Waals surface area contributed by atoms with Gasteiger partial charge in [0, 0.05) is 23.7 Å². The quantitative estimate of drug-likeness (QED) is 0.780. The third-order valence-electron chi connectivity index (χ3n) is 2.64. The van der Waals surface area contributed by atoms with Crippen molar-refractivity contribution in [3.05, 3.63) is 35.1 Å². The number of nitrogens with two attached hydrogens (primary N) is 1. The average molecular weight is 297 g/mol. The van der Waals surface area contributed by atoms with Gasteiger partial charge in [-0.15, -0.1) is 0 Å². The van der Waals surface area contributed by atoms with Gasteiger partial charge < -0.3 is 11.1 Å². The highest BCUT2D eigenvalue weighted by Crippen LogP contribution is 2.12. The van der Waals surface area contributed by atoms with Crippen molar-refractivity contribution in [2.45, 2.75) is 26.4 Å². The van der Waals surface area contributed by atoms with Gasteiger partial charge in [-0.05, 0) is 27.0 Å². The first-order valence-electron chi connectivity index (χ1n) is 6.35. The molecule has 0 aliphatic carbocycles. The van der Waals surface area contributed by atoms with Crippen LogP contribution in [0, 0.1) is 5.82 Å². The molecule has 110 valence electrons. The van der Waals surface area contributed by atoms with Crippen molar-refractivity contribution < 1.29 is 9.18 Å². The second kappa shape index (κ2) is 7.31. The topological polar surface area (TPSA) is 58.4 Å². The number of thiocarbonyl (C=S) groups is 1. The van der Waals surface area contributed by atoms with Gasteiger partial charge >= 0.3 is 0 Å². The summed E-state index contributed by atoms with van der Waals surface area (Å²) < 4.78 is 13.9. The lowest BCUT2D eigenvalue weighted by molar-refractivity contribution is -0.122. The Kier molecular flexibility index (Phi) is 6.04. The average Bonchev–Trinajstić information content (AvgIpc) is 2.30. The summed E-state index contributed by atoms with van der Waals surface area (Å²) in [5.41, 5.74) is 6.45. The van der Waals surface area contributed by atoms with Gasteiger partial charge in [0.25, 0.3) is 0 Å². The number of likely N-dealkylation sites (N-methyl/N-ethyl adjacent to an activating group) is 1. The molecule has 0 saturated carbocycles. The van der Waals surface area contributed by atoms with Crippen LogP contribution in [-0.4, -0.2) is 35.4 Å². The third kappa shape index (κ3) is 5.22. The molecule has 0 saturated heterocycles. The number of hydrogen-bond donors (Lipinski definition) is 2. The van der Waals surface area contributed by atoms with E-state index in [-0.39, 0.29) is 29.3 Å². The highest BCUT2D eigenvalue weighted by Gasteiger charge is 2.11. The second-order valence-corrected chi connectivity index (χ2v) is 5.50. The van der Waals surface area contributed by atoms with Crippen LogP contribution in [0.3, 0.4) is 0 Å². The summed E-state index contributed by atoms with van der Waals surface area (Å²) in [5, 5.41) is 2.79. The van der Waals surface area contributed by atoms with Crippen molar-refractivity contribution >= 4 is 23.1 Å². The predicted octanol–water partition coefficient (Wildman–Crippen LogP) is 1.42. The maximum absolute atomic E-state index is 13.9. The molecule has 0 spiro atoms. The van der Waals surface area contributed by atoms with E-state index < -0.39 is 0 Å². The molecule has 0 atom stereocenters. The first kappa shape index (κ1) is 16.5. The predicted molar refractivity (Wildman–Crippen MR) is 81.9 cm³/mol. The van der Waals surface area contributed by atoms with Gasteiger partial charge in [-0.3, -0.25) is 9.69 Å². The molecule has 0 fully saturated rings. The molecular formula is C14H20FN3OS. The highest BCUT2D eigenvalue weighted by molar-refractivity contribution is 7.80. The van der Waals surface area contributed by atoms with Gasteiger partial charge in [0.1, 0.15) is 10.8 Å². The van der Waals surface area contributed by atoms with Gasteiger partial charge in [0.05, 0.1) is 6.54 Å². The Hall–Kier alpha value is -1.53. The van der Waals surface area contributed by atoms with Crippen LogP contribution < -0.4 is 11.1 Å². The molecule has 6 heteroatoms. The molecular weight excluding hydrogens is 277 g/mol. The molecule has 1 aromatic rings. The first-order chi connectivity index (χ1) is 9.29. The minimum absolute atomic E-state index is 0.0809. The molecule has 0 aliphatic heterocycles. The van der Waals surface area contributed by atoms with Gasteiger partial charge in [-0.25, -0.2) is 4.39 Å². The summed E-state index contributed by atoms with van der Waals surface area (Å²) in [6, 6.07) is 4.74. The number of hydrogen-bond acceptors (Lipinski definition) is 3. The molecule has 4 nitrogen and oxygen atoms in total. The number of carbonyl (C=O) groups is 1. The Morgan fingerprint density at radius 1 is 1.50 bits per heavy atom. The van der Waals surface area contributed by atoms with Gasteiger partial charge in [0.15, 0.2) is 0 Å². The summed E-state index contributed by atoms with van der Waals surface area (Å²) in [4.78, 5) is 13.5. The van der Waals surface area contributed by atoms with Gasteiger partial charge in [-0.2, -0.15) is 0 Å². The SMILES string of the molecule is CC(C)NC(=O)CN(C)Cc1ccc(C(N)=S)cc1F. The van der Waals surface area contributed by atoms with Crippen molar-refractivity contribution in [1.82, 2.24) is 10.2 Å². The van der Waals surface area contributed by atoms with Crippen molar-refractivity contribution in [3.8, 4) is 0 Å². The third-order valence-corrected chi connectivity index (χ3v) is 2.88. The smallest absolute Gasteiger partial charge is 0.234 e. The zero-order valence-corrected chi connectivity index (χ0v) is 12.8. The van der Waals surface area contributed by atoms with Crippen molar-refractivity contribution in [1.29, 1.82) is 0 Å². The lowest BCUT2D eigenvalue weighted by Crippen LogP contribution is -2.38. The van der Waals surface area contributed by atoms with Crippen LogP contribution in [0.2, 0.25) is 0 Å². The molecule has 20 heavy (non-hydrogen) atoms. The minimum Gasteiger partial charge on any atom is -0.389 e. The molecule has 0 aromatic heterocycles. The molecule has 1 amide bonds. The van der Waals surface area contributed by atoms with Crippen LogP contribution in [0.4, 0.5) is 4.39 Å². The molecule has 1 rings (SSSR count). The zero-order valence-electron chi connectivity index (χ0n) is 11.9. The van der Waals surface area contributed by atoms with Crippen LogP contribution in [-0.2, 0) is 11.3 Å². The lowest BCUT2D eigenvalue weighted by Gasteiger charge is -2.18. The summed E-state index contributed by atoms with van der Waals surface area (Å²) in [7, 11) is 1.76. The van der Waals surface area contributed by atoms with Crippen LogP contribution >= 0.6 is 12.2 Å². The first-order valence-corrected chi connectivity index (χ1v) is 6.76. The number of halogens is 1. The normalized spacial score (nSPS) is 10.9. The minimum atomic E-state index is -0.369. The largest absolute Gasteiger partial charge is 0.389 e. The fourth-order valence-corrected chi connectivity index (χ4v) is 1.92. The maximum Gasteiger partial charge on any atom is 0.234 e. The molecule has 3 N–H and O–H groups in total. The fourth-order valence-electron chi connectivity index (χ4n) is 1.79. The standard InChI is InChI=1S/C14H20FN3OS/c1-9(2)17-13(19)8-18(3)7-11-5-4-10(14(16)20)6-12(11)15/h4-6,9H,7-8H2,1-3H3,(H2,16,20)(H,17,19). The van der Waals surface area contributed by atoms with E-state index in [1.807, 2.05) is 13.8 Å². The Bertz CT molecular complexity index is 505.